The molecule has 22 heavy (non-hydrogen) atoms. The Bertz CT molecular complexity index is 658. The molecule has 2 rings (SSSR count). The lowest BCUT2D eigenvalue weighted by atomic mass is 10.2. The summed E-state index contributed by atoms with van der Waals surface area (Å²) in [6.45, 7) is 1.61. The monoisotopic (exact) mass is 410 g/mol. The van der Waals surface area contributed by atoms with Crippen LogP contribution >= 0.6 is 0 Å². The smallest absolute Gasteiger partial charge is 0.358 e. The van der Waals surface area contributed by atoms with Crippen molar-refractivity contribution in [3.05, 3.63) is 67.3 Å². The van der Waals surface area contributed by atoms with Crippen LogP contribution in [0.2, 0.25) is 0 Å². The first-order valence-electron chi connectivity index (χ1n) is 6.79. The third kappa shape index (κ3) is 4.30. The summed E-state index contributed by atoms with van der Waals surface area (Å²) in [6, 6.07) is 17.0. The van der Waals surface area contributed by atoms with E-state index in [1.807, 2.05) is 36.4 Å². The summed E-state index contributed by atoms with van der Waals surface area (Å²) in [5.74, 6) is -0.701. The number of methoxy groups -OCH3 is 1. The topological polar surface area (TPSA) is 55.4 Å². The zero-order valence-electron chi connectivity index (χ0n) is 12.4. The van der Waals surface area contributed by atoms with Gasteiger partial charge in [0.15, 0.2) is 3.57 Å². The van der Waals surface area contributed by atoms with E-state index in [0.29, 0.717) is 5.56 Å². The summed E-state index contributed by atoms with van der Waals surface area (Å²) >= 11 is -0.449. The normalized spacial score (nSPS) is 11.5. The SMILES string of the molecule is COC(=O)C(C)NC(=O)c1ccccc1[I+]c1ccccc1. The average molecular weight is 410 g/mol. The molecule has 0 heterocycles. The van der Waals surface area contributed by atoms with Crippen LogP contribution in [0, 0.1) is 7.14 Å². The largest absolute Gasteiger partial charge is 0.467 e. The highest BCUT2D eigenvalue weighted by Crippen LogP contribution is 2.00. The number of hydrogen-bond donors (Lipinski definition) is 1. The molecule has 0 aliphatic heterocycles. The maximum Gasteiger partial charge on any atom is 0.358 e. The van der Waals surface area contributed by atoms with E-state index < -0.39 is 33.2 Å². The van der Waals surface area contributed by atoms with Gasteiger partial charge in [-0.1, -0.05) is 30.3 Å². The number of hydrogen-bond acceptors (Lipinski definition) is 3. The summed E-state index contributed by atoms with van der Waals surface area (Å²) in [5, 5.41) is 2.68. The van der Waals surface area contributed by atoms with Gasteiger partial charge in [-0.15, -0.1) is 0 Å². The molecule has 5 heteroatoms. The molecule has 1 unspecified atom stereocenters. The van der Waals surface area contributed by atoms with Crippen molar-refractivity contribution in [1.82, 2.24) is 5.32 Å². The summed E-state index contributed by atoms with van der Waals surface area (Å²) in [4.78, 5) is 23.8. The Morgan fingerprint density at radius 3 is 2.36 bits per heavy atom. The molecule has 2 aromatic carbocycles. The molecule has 0 fully saturated rings. The molecule has 1 atom stereocenters. The lowest BCUT2D eigenvalue weighted by molar-refractivity contribution is -0.597. The number of rotatable bonds is 5. The van der Waals surface area contributed by atoms with Gasteiger partial charge >= 0.3 is 27.2 Å². The second-order valence-corrected chi connectivity index (χ2v) is 7.54. The van der Waals surface area contributed by atoms with Crippen LogP contribution in [-0.2, 0) is 9.53 Å². The van der Waals surface area contributed by atoms with E-state index in [-0.39, 0.29) is 5.91 Å². The van der Waals surface area contributed by atoms with E-state index in [1.165, 1.54) is 10.7 Å². The van der Waals surface area contributed by atoms with Crippen LogP contribution in [0.1, 0.15) is 17.3 Å². The standard InChI is InChI=1S/C17H16INO3/c1-12(17(21)22-2)19-16(20)14-10-6-7-11-15(14)18-13-8-4-3-5-9-13/h3-12H,1-2H3/p+1. The van der Waals surface area contributed by atoms with Crippen molar-refractivity contribution in [2.75, 3.05) is 7.11 Å². The van der Waals surface area contributed by atoms with Crippen molar-refractivity contribution in [3.8, 4) is 0 Å². The second kappa shape index (κ2) is 7.93. The Labute approximate surface area is 140 Å². The number of carbonyl (C=O) groups is 2. The molecule has 0 aliphatic carbocycles. The van der Waals surface area contributed by atoms with E-state index in [2.05, 4.69) is 22.2 Å². The van der Waals surface area contributed by atoms with Crippen LogP contribution in [0.25, 0.3) is 0 Å². The van der Waals surface area contributed by atoms with E-state index in [0.717, 1.165) is 3.57 Å². The lowest BCUT2D eigenvalue weighted by Gasteiger charge is -2.11. The van der Waals surface area contributed by atoms with Crippen LogP contribution in [0.4, 0.5) is 0 Å². The van der Waals surface area contributed by atoms with Crippen molar-refractivity contribution < 1.29 is 35.5 Å². The molecular weight excluding hydrogens is 393 g/mol. The first-order chi connectivity index (χ1) is 10.6. The van der Waals surface area contributed by atoms with Gasteiger partial charge in [-0.05, 0) is 31.2 Å². The fraction of sp³-hybridized carbons (Fsp3) is 0.176. The third-order valence-electron chi connectivity index (χ3n) is 2.96. The summed E-state index contributed by atoms with van der Waals surface area (Å²) in [5.41, 5.74) is 0.620. The number of amides is 1. The quantitative estimate of drug-likeness (QED) is 0.514. The minimum Gasteiger partial charge on any atom is -0.467 e. The molecule has 0 saturated carbocycles. The zero-order valence-corrected chi connectivity index (χ0v) is 14.5. The average Bonchev–Trinajstić information content (AvgIpc) is 2.55. The first kappa shape index (κ1) is 16.5. The summed E-state index contributed by atoms with van der Waals surface area (Å²) < 4.78 is 6.90. The highest BCUT2D eigenvalue weighted by molar-refractivity contribution is 5.96. The zero-order chi connectivity index (χ0) is 15.9. The van der Waals surface area contributed by atoms with Gasteiger partial charge in [-0.2, -0.15) is 0 Å². The van der Waals surface area contributed by atoms with E-state index in [1.54, 1.807) is 13.0 Å². The number of ether oxygens (including phenoxy) is 1. The van der Waals surface area contributed by atoms with Gasteiger partial charge < -0.3 is 10.1 Å². The minimum atomic E-state index is -0.666. The molecule has 0 aliphatic rings. The van der Waals surface area contributed by atoms with Crippen LogP contribution < -0.4 is 26.5 Å². The van der Waals surface area contributed by atoms with E-state index >= 15 is 0 Å². The third-order valence-corrected chi connectivity index (χ3v) is 5.83. The minimum absolute atomic E-state index is 0.246. The van der Waals surface area contributed by atoms with Gasteiger partial charge in [0.05, 0.1) is 12.7 Å². The van der Waals surface area contributed by atoms with Gasteiger partial charge in [0.1, 0.15) is 6.04 Å². The molecular formula is C17H17INO3+. The van der Waals surface area contributed by atoms with Crippen LogP contribution in [0.15, 0.2) is 54.6 Å². The van der Waals surface area contributed by atoms with Crippen molar-refractivity contribution in [1.29, 1.82) is 0 Å². The number of nitrogens with one attached hydrogen (secondary N) is 1. The number of halogens is 1. The van der Waals surface area contributed by atoms with Crippen LogP contribution in [0.5, 0.6) is 0 Å². The van der Waals surface area contributed by atoms with Crippen molar-refractivity contribution in [2.24, 2.45) is 0 Å². The fourth-order valence-corrected chi connectivity index (χ4v) is 4.38. The van der Waals surface area contributed by atoms with Crippen LogP contribution in [-0.4, -0.2) is 25.0 Å². The predicted octanol–water partition coefficient (Wildman–Crippen LogP) is -0.894. The predicted molar refractivity (Wildman–Crippen MR) is 79.2 cm³/mol. The Hall–Kier alpha value is -1.89. The first-order valence-corrected chi connectivity index (χ1v) is 8.95. The lowest BCUT2D eigenvalue weighted by Crippen LogP contribution is -3.61. The molecule has 0 bridgehead atoms. The van der Waals surface area contributed by atoms with E-state index in [4.69, 9.17) is 0 Å². The molecule has 0 saturated heterocycles. The summed E-state index contributed by atoms with van der Waals surface area (Å²) in [7, 11) is 1.31. The number of carbonyl (C=O) groups excluding carboxylic acids is 2. The van der Waals surface area contributed by atoms with Crippen molar-refractivity contribution in [2.45, 2.75) is 13.0 Å². The molecule has 4 nitrogen and oxygen atoms in total. The number of esters is 1. The molecule has 114 valence electrons. The fourth-order valence-electron chi connectivity index (χ4n) is 1.83. The van der Waals surface area contributed by atoms with Gasteiger partial charge in [0, 0.05) is 0 Å². The Kier molecular flexibility index (Phi) is 5.94. The molecule has 0 radical (unpaired) electrons. The van der Waals surface area contributed by atoms with Gasteiger partial charge in [-0.3, -0.25) is 4.79 Å². The van der Waals surface area contributed by atoms with Crippen molar-refractivity contribution >= 4 is 11.9 Å². The molecule has 1 N–H and O–H groups in total. The Morgan fingerprint density at radius 1 is 1.05 bits per heavy atom. The maximum absolute atomic E-state index is 12.4. The van der Waals surface area contributed by atoms with Crippen LogP contribution in [0.3, 0.4) is 0 Å². The van der Waals surface area contributed by atoms with Crippen molar-refractivity contribution in [3.63, 3.8) is 0 Å². The molecule has 0 aromatic heterocycles. The van der Waals surface area contributed by atoms with Gasteiger partial charge in [0.25, 0.3) is 5.91 Å². The second-order valence-electron chi connectivity index (χ2n) is 4.59. The Morgan fingerprint density at radius 2 is 1.68 bits per heavy atom. The van der Waals surface area contributed by atoms with E-state index in [9.17, 15) is 9.59 Å². The molecule has 0 spiro atoms. The highest BCUT2D eigenvalue weighted by atomic mass is 127. The molecule has 1 amide bonds. The van der Waals surface area contributed by atoms with Gasteiger partial charge in [-0.25, -0.2) is 4.79 Å². The molecule has 2 aromatic rings. The van der Waals surface area contributed by atoms with Gasteiger partial charge in [0.2, 0.25) is 3.57 Å². The highest BCUT2D eigenvalue weighted by Gasteiger charge is 2.25. The Balaban J connectivity index is 2.17. The number of benzene rings is 2. The summed E-state index contributed by atoms with van der Waals surface area (Å²) in [6.07, 6.45) is 0. The maximum atomic E-state index is 12.4.